The second-order valence-electron chi connectivity index (χ2n) is 6.70. The zero-order chi connectivity index (χ0) is 17.1. The number of hydrogen-bond acceptors (Lipinski definition) is 5. The Morgan fingerprint density at radius 3 is 2.56 bits per heavy atom. The maximum absolute atomic E-state index is 13.5. The van der Waals surface area contributed by atoms with E-state index in [1.165, 1.54) is 0 Å². The van der Waals surface area contributed by atoms with E-state index in [-0.39, 0.29) is 36.8 Å². The van der Waals surface area contributed by atoms with Crippen molar-refractivity contribution >= 4 is 30.7 Å². The van der Waals surface area contributed by atoms with Crippen molar-refractivity contribution in [1.82, 2.24) is 29.8 Å². The zero-order valence-electron chi connectivity index (χ0n) is 15.1. The van der Waals surface area contributed by atoms with E-state index in [4.69, 9.17) is 4.74 Å². The number of rotatable bonds is 4. The van der Waals surface area contributed by atoms with E-state index < -0.39 is 5.54 Å². The van der Waals surface area contributed by atoms with Gasteiger partial charge in [-0.05, 0) is 38.1 Å². The van der Waals surface area contributed by atoms with Crippen molar-refractivity contribution in [1.29, 1.82) is 0 Å². The first kappa shape index (κ1) is 21.7. The Hall–Kier alpha value is -1.61. The number of carbonyl (C=O) groups excluding carboxylic acids is 1. The van der Waals surface area contributed by atoms with Crippen LogP contribution in [0.25, 0.3) is 0 Å². The Morgan fingerprint density at radius 1 is 1.15 bits per heavy atom. The Kier molecular flexibility index (Phi) is 7.67. The average molecular weight is 417 g/mol. The molecule has 0 bridgehead atoms. The van der Waals surface area contributed by atoms with Gasteiger partial charge in [0.25, 0.3) is 5.91 Å². The second kappa shape index (κ2) is 9.54. The van der Waals surface area contributed by atoms with Crippen LogP contribution in [0.1, 0.15) is 12.8 Å². The molecule has 2 fully saturated rings. The topological polar surface area (TPSA) is 77.2 Å². The third-order valence-electron chi connectivity index (χ3n) is 5.15. The van der Waals surface area contributed by atoms with E-state index in [1.807, 2.05) is 38.8 Å². The lowest BCUT2D eigenvalue weighted by molar-refractivity contribution is -0.151. The number of morpholine rings is 1. The van der Waals surface area contributed by atoms with Crippen LogP contribution in [0.2, 0.25) is 0 Å². The van der Waals surface area contributed by atoms with Gasteiger partial charge in [0, 0.05) is 37.9 Å². The molecule has 1 unspecified atom stereocenters. The standard InChI is InChI=1S/C17H24N6O2.2ClH/c24-16(17(3-7-18-8-4-17)23-10-2-6-20-23)21-11-12-25-15(13-21)14-22-9-1-5-19-22;;/h1-2,5-6,9-10,15,18H,3-4,7-8,11-14H2;2*1H. The minimum atomic E-state index is -0.581. The van der Waals surface area contributed by atoms with Crippen LogP contribution in [0.4, 0.5) is 0 Å². The highest BCUT2D eigenvalue weighted by atomic mass is 35.5. The summed E-state index contributed by atoms with van der Waals surface area (Å²) in [5, 5.41) is 12.0. The number of nitrogens with zero attached hydrogens (tertiary/aromatic N) is 5. The number of nitrogens with one attached hydrogen (secondary N) is 1. The minimum absolute atomic E-state index is 0. The van der Waals surface area contributed by atoms with Gasteiger partial charge in [-0.15, -0.1) is 24.8 Å². The molecule has 2 aliphatic heterocycles. The van der Waals surface area contributed by atoms with Gasteiger partial charge >= 0.3 is 0 Å². The van der Waals surface area contributed by atoms with Crippen molar-refractivity contribution in [3.8, 4) is 0 Å². The molecule has 4 rings (SSSR count). The molecule has 0 saturated carbocycles. The predicted molar refractivity (Wildman–Crippen MR) is 105 cm³/mol. The fourth-order valence-corrected chi connectivity index (χ4v) is 3.83. The van der Waals surface area contributed by atoms with E-state index in [2.05, 4.69) is 15.5 Å². The van der Waals surface area contributed by atoms with Crippen LogP contribution in [0.5, 0.6) is 0 Å². The number of ether oxygens (including phenoxy) is 1. The van der Waals surface area contributed by atoms with Crippen molar-refractivity contribution in [2.75, 3.05) is 32.8 Å². The van der Waals surface area contributed by atoms with Gasteiger partial charge in [0.1, 0.15) is 5.54 Å². The van der Waals surface area contributed by atoms with E-state index in [0.29, 0.717) is 26.2 Å². The molecule has 2 aromatic rings. The summed E-state index contributed by atoms with van der Waals surface area (Å²) in [4.78, 5) is 15.4. The molecule has 2 aliphatic rings. The van der Waals surface area contributed by atoms with Crippen LogP contribution < -0.4 is 5.32 Å². The third kappa shape index (κ3) is 4.45. The van der Waals surface area contributed by atoms with Crippen molar-refractivity contribution < 1.29 is 9.53 Å². The lowest BCUT2D eigenvalue weighted by Gasteiger charge is -2.42. The zero-order valence-corrected chi connectivity index (χ0v) is 16.7. The SMILES string of the molecule is Cl.Cl.O=C(N1CCOC(Cn2cccn2)C1)C1(n2cccn2)CCNCC1. The molecule has 150 valence electrons. The van der Waals surface area contributed by atoms with Crippen LogP contribution in [0.3, 0.4) is 0 Å². The lowest BCUT2D eigenvalue weighted by atomic mass is 9.86. The molecular weight excluding hydrogens is 391 g/mol. The average Bonchev–Trinajstić information content (AvgIpc) is 3.36. The Labute approximate surface area is 171 Å². The first-order chi connectivity index (χ1) is 12.3. The fourth-order valence-electron chi connectivity index (χ4n) is 3.83. The Morgan fingerprint density at radius 2 is 1.89 bits per heavy atom. The molecule has 1 N–H and O–H groups in total. The molecule has 0 aliphatic carbocycles. The first-order valence-corrected chi connectivity index (χ1v) is 8.87. The molecule has 0 aromatic carbocycles. The summed E-state index contributed by atoms with van der Waals surface area (Å²) in [5.74, 6) is 0.159. The van der Waals surface area contributed by atoms with E-state index in [1.54, 1.807) is 12.4 Å². The number of hydrogen-bond donors (Lipinski definition) is 1. The number of carbonyl (C=O) groups is 1. The number of aromatic nitrogens is 4. The monoisotopic (exact) mass is 416 g/mol. The highest BCUT2D eigenvalue weighted by Crippen LogP contribution is 2.30. The Balaban J connectivity index is 0.00000131. The van der Waals surface area contributed by atoms with Gasteiger partial charge in [-0.3, -0.25) is 14.2 Å². The van der Waals surface area contributed by atoms with Crippen molar-refractivity contribution in [2.45, 2.75) is 31.0 Å². The maximum atomic E-state index is 13.5. The fraction of sp³-hybridized carbons (Fsp3) is 0.588. The van der Waals surface area contributed by atoms with Crippen LogP contribution in [-0.2, 0) is 21.6 Å². The maximum Gasteiger partial charge on any atom is 0.250 e. The second-order valence-corrected chi connectivity index (χ2v) is 6.70. The van der Waals surface area contributed by atoms with Crippen LogP contribution in [0, 0.1) is 0 Å². The molecule has 0 radical (unpaired) electrons. The largest absolute Gasteiger partial charge is 0.373 e. The minimum Gasteiger partial charge on any atom is -0.373 e. The number of halogens is 2. The Bertz CT molecular complexity index is 688. The molecule has 10 heteroatoms. The van der Waals surface area contributed by atoms with Gasteiger partial charge in [0.2, 0.25) is 0 Å². The van der Waals surface area contributed by atoms with Gasteiger partial charge in [0.05, 0.1) is 19.3 Å². The normalized spacial score (nSPS) is 21.8. The van der Waals surface area contributed by atoms with E-state index >= 15 is 0 Å². The van der Waals surface area contributed by atoms with Gasteiger partial charge in [0.15, 0.2) is 0 Å². The van der Waals surface area contributed by atoms with E-state index in [0.717, 1.165) is 25.9 Å². The molecule has 8 nitrogen and oxygen atoms in total. The molecule has 1 atom stereocenters. The molecule has 2 aromatic heterocycles. The van der Waals surface area contributed by atoms with Crippen LogP contribution >= 0.6 is 24.8 Å². The van der Waals surface area contributed by atoms with Crippen LogP contribution in [0.15, 0.2) is 36.9 Å². The quantitative estimate of drug-likeness (QED) is 0.801. The van der Waals surface area contributed by atoms with Gasteiger partial charge in [-0.1, -0.05) is 0 Å². The molecule has 2 saturated heterocycles. The summed E-state index contributed by atoms with van der Waals surface area (Å²) in [6.07, 6.45) is 8.81. The van der Waals surface area contributed by atoms with Crippen LogP contribution in [-0.4, -0.2) is 69.3 Å². The highest BCUT2D eigenvalue weighted by molar-refractivity contribution is 5.86. The summed E-state index contributed by atoms with van der Waals surface area (Å²) in [5.41, 5.74) is -0.581. The van der Waals surface area contributed by atoms with Gasteiger partial charge in [-0.2, -0.15) is 10.2 Å². The lowest BCUT2D eigenvalue weighted by Crippen LogP contribution is -2.59. The number of piperidine rings is 1. The number of amides is 1. The summed E-state index contributed by atoms with van der Waals surface area (Å²) in [6.45, 7) is 4.09. The third-order valence-corrected chi connectivity index (χ3v) is 5.15. The first-order valence-electron chi connectivity index (χ1n) is 8.87. The summed E-state index contributed by atoms with van der Waals surface area (Å²) in [6, 6.07) is 3.78. The van der Waals surface area contributed by atoms with E-state index in [9.17, 15) is 4.79 Å². The summed E-state index contributed by atoms with van der Waals surface area (Å²) < 4.78 is 9.56. The molecule has 0 spiro atoms. The van der Waals surface area contributed by atoms with Gasteiger partial charge < -0.3 is 15.0 Å². The predicted octanol–water partition coefficient (Wildman–Crippen LogP) is 0.929. The molecule has 4 heterocycles. The van der Waals surface area contributed by atoms with Crippen molar-refractivity contribution in [3.63, 3.8) is 0 Å². The van der Waals surface area contributed by atoms with Gasteiger partial charge in [-0.25, -0.2) is 0 Å². The molecule has 1 amide bonds. The smallest absolute Gasteiger partial charge is 0.250 e. The van der Waals surface area contributed by atoms with Crippen molar-refractivity contribution in [2.24, 2.45) is 0 Å². The van der Waals surface area contributed by atoms with Crippen molar-refractivity contribution in [3.05, 3.63) is 36.9 Å². The molecule has 27 heavy (non-hydrogen) atoms. The molecular formula is C17H26Cl2N6O2. The summed E-state index contributed by atoms with van der Waals surface area (Å²) in [7, 11) is 0. The summed E-state index contributed by atoms with van der Waals surface area (Å²) >= 11 is 0. The highest BCUT2D eigenvalue weighted by Gasteiger charge is 2.45.